The van der Waals surface area contributed by atoms with Crippen molar-refractivity contribution in [2.75, 3.05) is 26.3 Å². The van der Waals surface area contributed by atoms with Crippen LogP contribution in [0, 0.1) is 5.41 Å². The molecular formula is C28H45N5O4. The summed E-state index contributed by atoms with van der Waals surface area (Å²) in [6, 6.07) is 3.20. The molecule has 0 radical (unpaired) electrons. The minimum absolute atomic E-state index is 0.0214. The van der Waals surface area contributed by atoms with Crippen LogP contribution in [0.2, 0.25) is 0 Å². The molecule has 5 N–H and O–H groups in total. The molecular weight excluding hydrogens is 470 g/mol. The molecule has 9 nitrogen and oxygen atoms in total. The van der Waals surface area contributed by atoms with E-state index in [2.05, 4.69) is 29.5 Å². The maximum atomic E-state index is 12.3. The second kappa shape index (κ2) is 17.4. The first-order chi connectivity index (χ1) is 18.0. The predicted octanol–water partition coefficient (Wildman–Crippen LogP) is 4.44. The van der Waals surface area contributed by atoms with Crippen LogP contribution >= 0.6 is 0 Å². The van der Waals surface area contributed by atoms with Gasteiger partial charge in [0.1, 0.15) is 5.84 Å². The summed E-state index contributed by atoms with van der Waals surface area (Å²) in [5, 5.41) is 13.8. The van der Waals surface area contributed by atoms with Crippen LogP contribution in [0.5, 0.6) is 11.5 Å². The average molecular weight is 516 g/mol. The third-order valence-electron chi connectivity index (χ3n) is 6.27. The normalized spacial score (nSPS) is 12.2. The number of hydrogen-bond donors (Lipinski definition) is 4. The third-order valence-corrected chi connectivity index (χ3v) is 6.27. The van der Waals surface area contributed by atoms with Gasteiger partial charge in [0, 0.05) is 24.2 Å². The SMILES string of the molecule is CCCCCCCCNC(=O)COc1cc2c(cc1OCC(=O)NCCCCCCCC)C(N)=NC2=N. The van der Waals surface area contributed by atoms with Crippen LogP contribution in [0.15, 0.2) is 17.1 Å². The number of aliphatic imine (C=N–C) groups is 1. The van der Waals surface area contributed by atoms with Gasteiger partial charge in [-0.3, -0.25) is 15.0 Å². The minimum Gasteiger partial charge on any atom is -0.480 e. The van der Waals surface area contributed by atoms with E-state index in [4.69, 9.17) is 20.6 Å². The number of ether oxygens (including phenoxy) is 2. The van der Waals surface area contributed by atoms with Crippen LogP contribution < -0.4 is 25.8 Å². The Kier molecular flexibility index (Phi) is 14.1. The molecule has 0 atom stereocenters. The molecule has 2 rings (SSSR count). The van der Waals surface area contributed by atoms with Gasteiger partial charge in [-0.05, 0) is 25.0 Å². The Labute approximate surface area is 221 Å². The Balaban J connectivity index is 1.84. The van der Waals surface area contributed by atoms with E-state index >= 15 is 0 Å². The average Bonchev–Trinajstić information content (AvgIpc) is 3.16. The monoisotopic (exact) mass is 515 g/mol. The van der Waals surface area contributed by atoms with Gasteiger partial charge in [0.15, 0.2) is 30.5 Å². The first kappa shape index (κ1) is 30.1. The van der Waals surface area contributed by atoms with Crippen LogP contribution in [0.1, 0.15) is 102 Å². The summed E-state index contributed by atoms with van der Waals surface area (Å²) < 4.78 is 11.5. The van der Waals surface area contributed by atoms with Crippen molar-refractivity contribution < 1.29 is 19.1 Å². The van der Waals surface area contributed by atoms with E-state index in [1.807, 2.05) is 0 Å². The number of rotatable bonds is 20. The lowest BCUT2D eigenvalue weighted by Gasteiger charge is -2.15. The molecule has 206 valence electrons. The molecule has 0 aliphatic carbocycles. The number of hydrogen-bond acceptors (Lipinski definition) is 6. The predicted molar refractivity (Wildman–Crippen MR) is 148 cm³/mol. The fraction of sp³-hybridized carbons (Fsp3) is 0.643. The fourth-order valence-corrected chi connectivity index (χ4v) is 4.09. The lowest BCUT2D eigenvalue weighted by molar-refractivity contribution is -0.124. The summed E-state index contributed by atoms with van der Waals surface area (Å²) in [6.07, 6.45) is 13.8. The number of carbonyl (C=O) groups is 2. The molecule has 1 aliphatic rings. The van der Waals surface area contributed by atoms with E-state index in [1.54, 1.807) is 12.1 Å². The van der Waals surface area contributed by atoms with Crippen molar-refractivity contribution in [3.05, 3.63) is 23.3 Å². The summed E-state index contributed by atoms with van der Waals surface area (Å²) in [7, 11) is 0. The van der Waals surface area contributed by atoms with Crippen LogP contribution in [0.3, 0.4) is 0 Å². The molecule has 0 bridgehead atoms. The van der Waals surface area contributed by atoms with E-state index in [9.17, 15) is 9.59 Å². The Bertz CT molecular complexity index is 916. The topological polar surface area (TPSA) is 139 Å². The molecule has 0 saturated heterocycles. The van der Waals surface area contributed by atoms with Crippen molar-refractivity contribution in [3.63, 3.8) is 0 Å². The summed E-state index contributed by atoms with van der Waals surface area (Å²) in [5.41, 5.74) is 6.98. The lowest BCUT2D eigenvalue weighted by atomic mass is 10.1. The molecule has 0 unspecified atom stereocenters. The van der Waals surface area contributed by atoms with Crippen molar-refractivity contribution in [1.82, 2.24) is 10.6 Å². The van der Waals surface area contributed by atoms with Crippen LogP contribution in [0.4, 0.5) is 0 Å². The molecule has 37 heavy (non-hydrogen) atoms. The van der Waals surface area contributed by atoms with Gasteiger partial charge in [-0.25, -0.2) is 4.99 Å². The minimum atomic E-state index is -0.234. The van der Waals surface area contributed by atoms with Gasteiger partial charge in [0.2, 0.25) is 0 Å². The molecule has 0 spiro atoms. The van der Waals surface area contributed by atoms with Crippen molar-refractivity contribution in [2.45, 2.75) is 90.9 Å². The Morgan fingerprint density at radius 2 is 1.19 bits per heavy atom. The summed E-state index contributed by atoms with van der Waals surface area (Å²) in [4.78, 5) is 28.6. The summed E-state index contributed by atoms with van der Waals surface area (Å²) in [5.74, 6) is 0.319. The first-order valence-electron chi connectivity index (χ1n) is 13.9. The van der Waals surface area contributed by atoms with Crippen LogP contribution in [-0.2, 0) is 9.59 Å². The Morgan fingerprint density at radius 1 is 0.757 bits per heavy atom. The largest absolute Gasteiger partial charge is 0.480 e. The number of amidine groups is 2. The van der Waals surface area contributed by atoms with Crippen LogP contribution in [-0.4, -0.2) is 49.8 Å². The number of unbranched alkanes of at least 4 members (excludes halogenated alkanes) is 10. The maximum Gasteiger partial charge on any atom is 0.257 e. The summed E-state index contributed by atoms with van der Waals surface area (Å²) >= 11 is 0. The van der Waals surface area contributed by atoms with Gasteiger partial charge in [0.05, 0.1) is 0 Å². The van der Waals surface area contributed by atoms with E-state index in [1.165, 1.54) is 51.4 Å². The standard InChI is InChI=1S/C28H45N5O4/c1-3-5-7-9-11-13-15-31-25(34)19-36-23-17-21-22(28(30)33-27(21)29)18-24(23)37-20-26(35)32-16-14-12-10-8-6-4-2/h17-18H,3-16,19-20H2,1-2H3,(H,31,34)(H,32,35)(H3,29,30,33). The van der Waals surface area contributed by atoms with Crippen molar-refractivity contribution in [3.8, 4) is 11.5 Å². The molecule has 0 fully saturated rings. The first-order valence-corrected chi connectivity index (χ1v) is 13.9. The second-order valence-electron chi connectivity index (χ2n) is 9.50. The van der Waals surface area contributed by atoms with Gasteiger partial charge in [-0.15, -0.1) is 0 Å². The van der Waals surface area contributed by atoms with Crippen LogP contribution in [0.25, 0.3) is 0 Å². The third kappa shape index (κ3) is 11.2. The molecule has 1 aromatic carbocycles. The highest BCUT2D eigenvalue weighted by molar-refractivity contribution is 6.21. The van der Waals surface area contributed by atoms with Gasteiger partial charge in [-0.1, -0.05) is 78.1 Å². The molecule has 9 heteroatoms. The molecule has 1 aliphatic heterocycles. The molecule has 2 amide bonds. The number of benzene rings is 1. The zero-order chi connectivity index (χ0) is 26.9. The number of fused-ring (bicyclic) bond motifs is 1. The number of amides is 2. The van der Waals surface area contributed by atoms with E-state index in [0.29, 0.717) is 24.2 Å². The van der Waals surface area contributed by atoms with Gasteiger partial charge < -0.3 is 25.8 Å². The smallest absolute Gasteiger partial charge is 0.257 e. The highest BCUT2D eigenvalue weighted by atomic mass is 16.5. The van der Waals surface area contributed by atoms with Crippen molar-refractivity contribution in [1.29, 1.82) is 5.41 Å². The zero-order valence-corrected chi connectivity index (χ0v) is 22.6. The number of nitrogens with zero attached hydrogens (tertiary/aromatic N) is 1. The Hall–Kier alpha value is -3.10. The van der Waals surface area contributed by atoms with E-state index < -0.39 is 0 Å². The highest BCUT2D eigenvalue weighted by Gasteiger charge is 2.23. The lowest BCUT2D eigenvalue weighted by Crippen LogP contribution is -2.30. The fourth-order valence-electron chi connectivity index (χ4n) is 4.09. The zero-order valence-electron chi connectivity index (χ0n) is 22.6. The molecule has 0 aromatic heterocycles. The number of carbonyl (C=O) groups excluding carboxylic acids is 2. The van der Waals surface area contributed by atoms with E-state index in [0.717, 1.165) is 25.7 Å². The highest BCUT2D eigenvalue weighted by Crippen LogP contribution is 2.33. The Morgan fingerprint density at radius 3 is 1.68 bits per heavy atom. The maximum absolute atomic E-state index is 12.3. The molecule has 1 aromatic rings. The van der Waals surface area contributed by atoms with E-state index in [-0.39, 0.29) is 48.2 Å². The quantitative estimate of drug-likeness (QED) is 0.190. The molecule has 0 saturated carbocycles. The number of nitrogens with one attached hydrogen (secondary N) is 3. The molecule has 1 heterocycles. The van der Waals surface area contributed by atoms with Crippen molar-refractivity contribution in [2.24, 2.45) is 10.7 Å². The van der Waals surface area contributed by atoms with Gasteiger partial charge in [0.25, 0.3) is 11.8 Å². The number of nitrogens with two attached hydrogens (primary N) is 1. The van der Waals surface area contributed by atoms with Gasteiger partial charge >= 0.3 is 0 Å². The summed E-state index contributed by atoms with van der Waals surface area (Å²) in [6.45, 7) is 5.21. The van der Waals surface area contributed by atoms with Crippen molar-refractivity contribution >= 4 is 23.5 Å². The second-order valence-corrected chi connectivity index (χ2v) is 9.50. The van der Waals surface area contributed by atoms with Gasteiger partial charge in [-0.2, -0.15) is 0 Å².